The molecule has 0 aromatic heterocycles. The first-order valence-electron chi connectivity index (χ1n) is 7.95. The number of hydrogen-bond donors (Lipinski definition) is 4. The lowest BCUT2D eigenvalue weighted by molar-refractivity contribution is 0.0846. The lowest BCUT2D eigenvalue weighted by Gasteiger charge is -2.10. The lowest BCUT2D eigenvalue weighted by atomic mass is 10.2. The number of amides is 4. The molecule has 0 aliphatic heterocycles. The van der Waals surface area contributed by atoms with Gasteiger partial charge in [0, 0.05) is 22.9 Å². The van der Waals surface area contributed by atoms with Crippen molar-refractivity contribution in [1.29, 1.82) is 0 Å². The van der Waals surface area contributed by atoms with Gasteiger partial charge in [-0.3, -0.25) is 20.4 Å². The van der Waals surface area contributed by atoms with Crippen molar-refractivity contribution in [3.63, 3.8) is 0 Å². The monoisotopic (exact) mass is 338 g/mol. The topological polar surface area (TPSA) is 99.3 Å². The Labute approximate surface area is 144 Å². The smallest absolute Gasteiger partial charge is 0.319 e. The average Bonchev–Trinajstić information content (AvgIpc) is 3.44. The first-order chi connectivity index (χ1) is 12.1. The fourth-order valence-corrected chi connectivity index (χ4v) is 2.17. The Hall–Kier alpha value is -3.35. The van der Waals surface area contributed by atoms with Crippen LogP contribution in [0.5, 0.6) is 0 Å². The third kappa shape index (κ3) is 4.81. The van der Waals surface area contributed by atoms with Crippen LogP contribution in [-0.2, 0) is 0 Å². The first-order valence-corrected chi connectivity index (χ1v) is 7.95. The second-order valence-electron chi connectivity index (χ2n) is 5.73. The normalized spacial score (nSPS) is 12.8. The minimum Gasteiger partial charge on any atom is -0.335 e. The molecule has 0 atom stereocenters. The quantitative estimate of drug-likeness (QED) is 0.642. The SMILES string of the molecule is O=C(Nc1cccc(C(=O)NNC(=O)c2ccccc2)c1)NC1CC1. The van der Waals surface area contributed by atoms with Crippen molar-refractivity contribution < 1.29 is 14.4 Å². The number of hydrogen-bond acceptors (Lipinski definition) is 3. The van der Waals surface area contributed by atoms with Crippen LogP contribution in [0.3, 0.4) is 0 Å². The van der Waals surface area contributed by atoms with Crippen molar-refractivity contribution in [2.45, 2.75) is 18.9 Å². The molecule has 0 spiro atoms. The lowest BCUT2D eigenvalue weighted by Crippen LogP contribution is -2.41. The molecule has 0 unspecified atom stereocenters. The van der Waals surface area contributed by atoms with Gasteiger partial charge in [0.2, 0.25) is 0 Å². The van der Waals surface area contributed by atoms with Gasteiger partial charge in [0.15, 0.2) is 0 Å². The molecule has 1 saturated carbocycles. The molecule has 25 heavy (non-hydrogen) atoms. The molecule has 3 rings (SSSR count). The van der Waals surface area contributed by atoms with Gasteiger partial charge in [0.1, 0.15) is 0 Å². The molecule has 2 aromatic rings. The molecule has 2 aromatic carbocycles. The minimum atomic E-state index is -0.476. The van der Waals surface area contributed by atoms with Gasteiger partial charge in [-0.15, -0.1) is 0 Å². The molecule has 0 radical (unpaired) electrons. The molecular formula is C18H18N4O3. The molecule has 4 amide bonds. The van der Waals surface area contributed by atoms with Crippen LogP contribution in [0, 0.1) is 0 Å². The van der Waals surface area contributed by atoms with E-state index in [2.05, 4.69) is 21.5 Å². The Morgan fingerprint density at radius 2 is 1.44 bits per heavy atom. The Balaban J connectivity index is 1.55. The molecular weight excluding hydrogens is 320 g/mol. The standard InChI is InChI=1S/C18H18N4O3/c23-16(12-5-2-1-3-6-12)21-22-17(24)13-7-4-8-15(11-13)20-18(25)19-14-9-10-14/h1-8,11,14H,9-10H2,(H,21,23)(H,22,24)(H2,19,20,25). The van der Waals surface area contributed by atoms with Crippen molar-refractivity contribution in [3.8, 4) is 0 Å². The number of benzene rings is 2. The maximum atomic E-state index is 12.2. The number of nitrogens with one attached hydrogen (secondary N) is 4. The molecule has 1 fully saturated rings. The van der Waals surface area contributed by atoms with Crippen LogP contribution in [0.25, 0.3) is 0 Å². The van der Waals surface area contributed by atoms with Gasteiger partial charge >= 0.3 is 6.03 Å². The summed E-state index contributed by atoms with van der Waals surface area (Å²) in [5.41, 5.74) is 5.96. The van der Waals surface area contributed by atoms with Gasteiger partial charge in [0.25, 0.3) is 11.8 Å². The fourth-order valence-electron chi connectivity index (χ4n) is 2.17. The van der Waals surface area contributed by atoms with Gasteiger partial charge in [0.05, 0.1) is 0 Å². The van der Waals surface area contributed by atoms with Crippen molar-refractivity contribution in [2.24, 2.45) is 0 Å². The van der Waals surface area contributed by atoms with Crippen molar-refractivity contribution in [3.05, 3.63) is 65.7 Å². The molecule has 128 valence electrons. The highest BCUT2D eigenvalue weighted by molar-refractivity contribution is 6.00. The Kier molecular flexibility index (Phi) is 4.94. The number of urea groups is 1. The predicted octanol–water partition coefficient (Wildman–Crippen LogP) is 2.05. The summed E-state index contributed by atoms with van der Waals surface area (Å²) in [6.45, 7) is 0. The van der Waals surface area contributed by atoms with E-state index in [1.165, 1.54) is 6.07 Å². The average molecular weight is 338 g/mol. The maximum Gasteiger partial charge on any atom is 0.319 e. The zero-order chi connectivity index (χ0) is 17.6. The minimum absolute atomic E-state index is 0.250. The van der Waals surface area contributed by atoms with Gasteiger partial charge in [-0.2, -0.15) is 0 Å². The predicted molar refractivity (Wildman–Crippen MR) is 93.0 cm³/mol. The van der Waals surface area contributed by atoms with Gasteiger partial charge in [-0.1, -0.05) is 24.3 Å². The van der Waals surface area contributed by atoms with Crippen molar-refractivity contribution >= 4 is 23.5 Å². The molecule has 4 N–H and O–H groups in total. The number of anilines is 1. The number of rotatable bonds is 4. The summed E-state index contributed by atoms with van der Waals surface area (Å²) in [6.07, 6.45) is 1.99. The summed E-state index contributed by atoms with van der Waals surface area (Å²) in [5, 5.41) is 5.48. The van der Waals surface area contributed by atoms with E-state index < -0.39 is 11.8 Å². The molecule has 0 bridgehead atoms. The first kappa shape index (κ1) is 16.5. The van der Waals surface area contributed by atoms with Crippen LogP contribution in [0.15, 0.2) is 54.6 Å². The highest BCUT2D eigenvalue weighted by Gasteiger charge is 2.23. The second-order valence-corrected chi connectivity index (χ2v) is 5.73. The van der Waals surface area contributed by atoms with E-state index >= 15 is 0 Å². The Morgan fingerprint density at radius 3 is 2.12 bits per heavy atom. The van der Waals surface area contributed by atoms with E-state index in [4.69, 9.17) is 0 Å². The zero-order valence-electron chi connectivity index (χ0n) is 13.4. The summed E-state index contributed by atoms with van der Waals surface area (Å²) in [4.78, 5) is 35.8. The van der Waals surface area contributed by atoms with Crippen LogP contribution in [-0.4, -0.2) is 23.9 Å². The summed E-state index contributed by atoms with van der Waals surface area (Å²) < 4.78 is 0. The van der Waals surface area contributed by atoms with Crippen molar-refractivity contribution in [1.82, 2.24) is 16.2 Å². The van der Waals surface area contributed by atoms with E-state index in [0.717, 1.165) is 12.8 Å². The van der Waals surface area contributed by atoms with E-state index in [-0.39, 0.29) is 12.1 Å². The van der Waals surface area contributed by atoms with Crippen LogP contribution < -0.4 is 21.5 Å². The molecule has 0 saturated heterocycles. The van der Waals surface area contributed by atoms with E-state index in [0.29, 0.717) is 16.8 Å². The fraction of sp³-hybridized carbons (Fsp3) is 0.167. The van der Waals surface area contributed by atoms with Gasteiger partial charge in [-0.05, 0) is 43.2 Å². The third-order valence-corrected chi connectivity index (χ3v) is 3.62. The molecule has 7 nitrogen and oxygen atoms in total. The van der Waals surface area contributed by atoms with Crippen LogP contribution in [0.4, 0.5) is 10.5 Å². The Bertz CT molecular complexity index is 788. The van der Waals surface area contributed by atoms with Gasteiger partial charge < -0.3 is 10.6 Å². The highest BCUT2D eigenvalue weighted by Crippen LogP contribution is 2.19. The summed E-state index contributed by atoms with van der Waals surface area (Å²) in [5.74, 6) is -0.887. The van der Waals surface area contributed by atoms with Crippen LogP contribution >= 0.6 is 0 Å². The largest absolute Gasteiger partial charge is 0.335 e. The van der Waals surface area contributed by atoms with Crippen LogP contribution in [0.1, 0.15) is 33.6 Å². The van der Waals surface area contributed by atoms with E-state index in [9.17, 15) is 14.4 Å². The van der Waals surface area contributed by atoms with E-state index in [1.54, 1.807) is 48.5 Å². The summed E-state index contributed by atoms with van der Waals surface area (Å²) in [6, 6.07) is 15.0. The highest BCUT2D eigenvalue weighted by atomic mass is 16.2. The number of carbonyl (C=O) groups is 3. The number of carbonyl (C=O) groups excluding carboxylic acids is 3. The second kappa shape index (κ2) is 7.48. The molecule has 1 aliphatic carbocycles. The van der Waals surface area contributed by atoms with E-state index in [1.807, 2.05) is 0 Å². The summed E-state index contributed by atoms with van der Waals surface area (Å²) in [7, 11) is 0. The number of hydrazine groups is 1. The van der Waals surface area contributed by atoms with Crippen LogP contribution in [0.2, 0.25) is 0 Å². The molecule has 1 aliphatic rings. The summed E-state index contributed by atoms with van der Waals surface area (Å²) >= 11 is 0. The van der Waals surface area contributed by atoms with Gasteiger partial charge in [-0.25, -0.2) is 4.79 Å². The zero-order valence-corrected chi connectivity index (χ0v) is 13.4. The molecule has 0 heterocycles. The van der Waals surface area contributed by atoms with Crippen molar-refractivity contribution in [2.75, 3.05) is 5.32 Å². The third-order valence-electron chi connectivity index (χ3n) is 3.62. The molecule has 7 heteroatoms. The maximum absolute atomic E-state index is 12.2. The Morgan fingerprint density at radius 1 is 0.800 bits per heavy atom.